The summed E-state index contributed by atoms with van der Waals surface area (Å²) in [6.07, 6.45) is 0. The number of nitrogens with zero attached hydrogens (tertiary/aromatic N) is 3. The van der Waals surface area contributed by atoms with Crippen molar-refractivity contribution in [2.24, 2.45) is 10.2 Å². The summed E-state index contributed by atoms with van der Waals surface area (Å²) in [5.41, 5.74) is 6.81. The molecule has 178 valence electrons. The molecule has 2 N–H and O–H groups in total. The third-order valence-electron chi connectivity index (χ3n) is 4.86. The van der Waals surface area contributed by atoms with Crippen molar-refractivity contribution in [1.29, 1.82) is 5.26 Å². The van der Waals surface area contributed by atoms with Crippen LogP contribution in [0.1, 0.15) is 5.56 Å². The second kappa shape index (κ2) is 11.7. The zero-order valence-electron chi connectivity index (χ0n) is 19.2. The van der Waals surface area contributed by atoms with Gasteiger partial charge in [-0.25, -0.2) is 16.8 Å². The van der Waals surface area contributed by atoms with Crippen molar-refractivity contribution in [3.63, 3.8) is 0 Å². The van der Waals surface area contributed by atoms with Crippen LogP contribution in [0, 0.1) is 11.3 Å². The first-order valence-corrected chi connectivity index (χ1v) is 13.4. The number of azo groups is 1. The van der Waals surface area contributed by atoms with Crippen LogP contribution in [-0.2, 0) is 20.2 Å². The predicted octanol–water partition coefficient (Wildman–Crippen LogP) is -1.09. The fraction of sp³-hybridized carbons (Fsp3) is 0. The topological polar surface area (TPSA) is 189 Å². The number of anilines is 1. The molecule has 0 spiro atoms. The van der Waals surface area contributed by atoms with Crippen LogP contribution < -0.4 is 43.5 Å². The minimum Gasteiger partial charge on any atom is -0.744 e. The van der Waals surface area contributed by atoms with Crippen LogP contribution in [0.25, 0.3) is 21.9 Å². The van der Waals surface area contributed by atoms with Crippen LogP contribution >= 0.6 is 22.9 Å². The summed E-state index contributed by atoms with van der Waals surface area (Å²) in [4.78, 5) is -1.48. The Hall–Kier alpha value is -2.19. The molecular weight excluding hydrogens is 550 g/mol. The van der Waals surface area contributed by atoms with E-state index in [0.29, 0.717) is 16.1 Å². The molecular formula is C21H11ClLi2N4O6S3. The first kappa shape index (κ1) is 31.0. The van der Waals surface area contributed by atoms with E-state index in [-0.39, 0.29) is 69.7 Å². The van der Waals surface area contributed by atoms with Crippen molar-refractivity contribution in [2.45, 2.75) is 9.79 Å². The largest absolute Gasteiger partial charge is 1.00 e. The Kier molecular flexibility index (Phi) is 9.80. The average molecular weight is 561 g/mol. The second-order valence-electron chi connectivity index (χ2n) is 7.04. The molecule has 16 heteroatoms. The molecule has 0 aliphatic carbocycles. The van der Waals surface area contributed by atoms with E-state index in [1.54, 1.807) is 24.3 Å². The molecule has 4 aromatic rings. The van der Waals surface area contributed by atoms with Gasteiger partial charge in [-0.15, -0.1) is 10.2 Å². The molecule has 4 rings (SSSR count). The minimum absolute atomic E-state index is 0. The van der Waals surface area contributed by atoms with Gasteiger partial charge in [-0.3, -0.25) is 0 Å². The zero-order valence-corrected chi connectivity index (χ0v) is 22.4. The van der Waals surface area contributed by atoms with Crippen LogP contribution in [0.15, 0.2) is 74.6 Å². The van der Waals surface area contributed by atoms with Gasteiger partial charge in [0.2, 0.25) is 0 Å². The molecule has 1 heterocycles. The van der Waals surface area contributed by atoms with E-state index < -0.39 is 30.0 Å². The van der Waals surface area contributed by atoms with Crippen LogP contribution in [0.4, 0.5) is 15.7 Å². The Labute approximate surface area is 245 Å². The maximum atomic E-state index is 11.9. The standard InChI is InChI=1S/C21H13ClN4O6S3.2Li/c22-12-6-4-11(5-7-12)19-16(10-23)20(24)33-21(19)26-25-13-8-15-14(18(9-13)35(30,31)32)2-1-3-17(15)34(27,28)29;;/h1-9H,24H2,(H,27,28,29)(H,30,31,32);;/q;2*+1/p-2. The first-order chi connectivity index (χ1) is 16.4. The number of thiophene rings is 1. The molecule has 0 saturated carbocycles. The molecule has 0 saturated heterocycles. The number of benzene rings is 3. The van der Waals surface area contributed by atoms with Crippen molar-refractivity contribution < 1.29 is 63.7 Å². The van der Waals surface area contributed by atoms with Gasteiger partial charge in [-0.2, -0.15) is 5.26 Å². The third-order valence-corrected chi connectivity index (χ3v) is 7.79. The number of halogens is 1. The number of hydrogen-bond donors (Lipinski definition) is 1. The van der Waals surface area contributed by atoms with Crippen LogP contribution in [0.5, 0.6) is 0 Å². The minimum atomic E-state index is -5.08. The van der Waals surface area contributed by atoms with E-state index in [2.05, 4.69) is 10.2 Å². The maximum Gasteiger partial charge on any atom is 1.00 e. The molecule has 0 bridgehead atoms. The molecule has 0 aliphatic heterocycles. The Balaban J connectivity index is 0.00000241. The number of nitrogens with two attached hydrogens (primary N) is 1. The Morgan fingerprint density at radius 1 is 0.892 bits per heavy atom. The van der Waals surface area contributed by atoms with Gasteiger partial charge in [0.05, 0.1) is 21.0 Å². The summed E-state index contributed by atoms with van der Waals surface area (Å²) in [5, 5.41) is 17.9. The fourth-order valence-electron chi connectivity index (χ4n) is 3.40. The van der Waals surface area contributed by atoms with E-state index in [0.717, 1.165) is 35.6 Å². The van der Waals surface area contributed by atoms with Gasteiger partial charge < -0.3 is 14.8 Å². The molecule has 0 aliphatic rings. The summed E-state index contributed by atoms with van der Waals surface area (Å²) in [7, 11) is -10.1. The average Bonchev–Trinajstić information content (AvgIpc) is 3.11. The van der Waals surface area contributed by atoms with Gasteiger partial charge in [0.1, 0.15) is 36.3 Å². The molecule has 0 amide bonds. The summed E-state index contributed by atoms with van der Waals surface area (Å²) in [6.45, 7) is 0. The first-order valence-electron chi connectivity index (χ1n) is 9.39. The van der Waals surface area contributed by atoms with E-state index in [9.17, 15) is 31.2 Å². The van der Waals surface area contributed by atoms with Gasteiger partial charge in [-0.05, 0) is 35.9 Å². The molecule has 10 nitrogen and oxygen atoms in total. The fourth-order valence-corrected chi connectivity index (χ4v) is 5.78. The smallest absolute Gasteiger partial charge is 0.744 e. The number of fused-ring (bicyclic) bond motifs is 1. The van der Waals surface area contributed by atoms with Crippen LogP contribution in [0.2, 0.25) is 5.02 Å². The van der Waals surface area contributed by atoms with Crippen molar-refractivity contribution >= 4 is 69.6 Å². The summed E-state index contributed by atoms with van der Waals surface area (Å²) < 4.78 is 70.7. The Morgan fingerprint density at radius 2 is 1.51 bits per heavy atom. The van der Waals surface area contributed by atoms with Crippen molar-refractivity contribution in [3.05, 3.63) is 65.2 Å². The van der Waals surface area contributed by atoms with E-state index >= 15 is 0 Å². The van der Waals surface area contributed by atoms with Gasteiger partial charge >= 0.3 is 37.7 Å². The molecule has 1 aromatic heterocycles. The molecule has 0 unspecified atom stereocenters. The van der Waals surface area contributed by atoms with Crippen molar-refractivity contribution in [2.75, 3.05) is 5.73 Å². The number of rotatable bonds is 5. The van der Waals surface area contributed by atoms with Gasteiger partial charge in [0, 0.05) is 21.4 Å². The van der Waals surface area contributed by atoms with Gasteiger partial charge in [0.25, 0.3) is 0 Å². The SMILES string of the molecule is N#Cc1c(N)sc(N=Nc2cc(S(=O)(=O)[O-])c3cccc(S(=O)(=O)[O-])c3c2)c1-c1ccc(Cl)cc1.[Li+].[Li+]. The quantitative estimate of drug-likeness (QED) is 0.181. The van der Waals surface area contributed by atoms with Gasteiger partial charge in [-0.1, -0.05) is 47.2 Å². The molecule has 0 atom stereocenters. The van der Waals surface area contributed by atoms with E-state index in [1.807, 2.05) is 6.07 Å². The van der Waals surface area contributed by atoms with Crippen molar-refractivity contribution in [1.82, 2.24) is 0 Å². The third kappa shape index (κ3) is 6.46. The normalized spacial score (nSPS) is 11.6. The Bertz CT molecular complexity index is 1790. The molecule has 37 heavy (non-hydrogen) atoms. The number of nitrogen functional groups attached to an aromatic ring is 1. The Morgan fingerprint density at radius 3 is 2.08 bits per heavy atom. The molecule has 0 fully saturated rings. The summed E-state index contributed by atoms with van der Waals surface area (Å²) in [5.74, 6) is 0. The molecule has 3 aromatic carbocycles. The second-order valence-corrected chi connectivity index (χ2v) is 11.2. The monoisotopic (exact) mass is 560 g/mol. The predicted molar refractivity (Wildman–Crippen MR) is 128 cm³/mol. The number of hydrogen-bond acceptors (Lipinski definition) is 11. The summed E-state index contributed by atoms with van der Waals surface area (Å²) in [6, 6.07) is 13.9. The number of nitriles is 1. The van der Waals surface area contributed by atoms with Crippen LogP contribution in [0.3, 0.4) is 0 Å². The molecule has 0 radical (unpaired) electrons. The van der Waals surface area contributed by atoms with E-state index in [1.165, 1.54) is 6.07 Å². The van der Waals surface area contributed by atoms with Crippen LogP contribution in [-0.4, -0.2) is 25.9 Å². The zero-order chi connectivity index (χ0) is 25.5. The maximum absolute atomic E-state index is 11.9. The summed E-state index contributed by atoms with van der Waals surface area (Å²) >= 11 is 6.88. The van der Waals surface area contributed by atoms with Crippen molar-refractivity contribution in [3.8, 4) is 17.2 Å². The van der Waals surface area contributed by atoms with Gasteiger partial charge in [0.15, 0.2) is 0 Å². The van der Waals surface area contributed by atoms with E-state index in [4.69, 9.17) is 17.3 Å².